The molecule has 0 heterocycles. The Morgan fingerprint density at radius 3 is 2.00 bits per heavy atom. The van der Waals surface area contributed by atoms with E-state index in [1.165, 1.54) is 0 Å². The van der Waals surface area contributed by atoms with Crippen molar-refractivity contribution < 1.29 is 14.4 Å². The molecule has 0 aliphatic rings. The summed E-state index contributed by atoms with van der Waals surface area (Å²) in [6.45, 7) is 5.42. The summed E-state index contributed by atoms with van der Waals surface area (Å²) in [6, 6.07) is 5.34. The third kappa shape index (κ3) is 4.12. The van der Waals surface area contributed by atoms with E-state index in [9.17, 15) is 14.4 Å². The van der Waals surface area contributed by atoms with Gasteiger partial charge < -0.3 is 0 Å². The average molecular weight is 274 g/mol. The number of benzene rings is 1. The molecule has 0 saturated heterocycles. The molecule has 108 valence electrons. The maximum absolute atomic E-state index is 12.0. The first kappa shape index (κ1) is 16.3. The normalized spacial score (nSPS) is 10.3. The molecule has 0 spiro atoms. The molecule has 1 aromatic carbocycles. The number of hydrogen-bond donors (Lipinski definition) is 0. The third-order valence-electron chi connectivity index (χ3n) is 3.41. The lowest BCUT2D eigenvalue weighted by Crippen LogP contribution is -2.09. The Balaban J connectivity index is 3.04. The Morgan fingerprint density at radius 1 is 0.850 bits per heavy atom. The fourth-order valence-electron chi connectivity index (χ4n) is 2.06. The van der Waals surface area contributed by atoms with Gasteiger partial charge in [-0.3, -0.25) is 14.4 Å². The monoisotopic (exact) mass is 274 g/mol. The third-order valence-corrected chi connectivity index (χ3v) is 3.41. The van der Waals surface area contributed by atoms with E-state index in [1.54, 1.807) is 26.0 Å². The predicted octanol–water partition coefficient (Wildman–Crippen LogP) is 3.78. The van der Waals surface area contributed by atoms with Crippen LogP contribution in [-0.4, -0.2) is 17.3 Å². The molecule has 0 fully saturated rings. The molecule has 20 heavy (non-hydrogen) atoms. The quantitative estimate of drug-likeness (QED) is 0.678. The molecular weight excluding hydrogens is 252 g/mol. The van der Waals surface area contributed by atoms with E-state index in [4.69, 9.17) is 0 Å². The van der Waals surface area contributed by atoms with E-state index in [0.717, 1.165) is 5.56 Å². The molecule has 0 atom stereocenters. The minimum atomic E-state index is -0.0227. The highest BCUT2D eigenvalue weighted by Crippen LogP contribution is 2.17. The fourth-order valence-corrected chi connectivity index (χ4v) is 2.06. The van der Waals surface area contributed by atoms with E-state index in [1.807, 2.05) is 13.0 Å². The van der Waals surface area contributed by atoms with Gasteiger partial charge in [0.15, 0.2) is 11.6 Å². The van der Waals surface area contributed by atoms with E-state index in [-0.39, 0.29) is 17.3 Å². The largest absolute Gasteiger partial charge is 0.300 e. The van der Waals surface area contributed by atoms with Gasteiger partial charge in [0.05, 0.1) is 0 Å². The summed E-state index contributed by atoms with van der Waals surface area (Å²) >= 11 is 0. The SMILES string of the molecule is CCC(=O)CCc1ccc(C(=O)CC)c(C(=O)CC)c1. The Bertz CT molecular complexity index is 515. The average Bonchev–Trinajstić information content (AvgIpc) is 2.50. The van der Waals surface area contributed by atoms with Gasteiger partial charge in [-0.15, -0.1) is 0 Å². The van der Waals surface area contributed by atoms with Gasteiger partial charge in [-0.1, -0.05) is 32.9 Å². The Hall–Kier alpha value is -1.77. The zero-order chi connectivity index (χ0) is 15.1. The second-order valence-corrected chi connectivity index (χ2v) is 4.83. The zero-order valence-corrected chi connectivity index (χ0v) is 12.5. The van der Waals surface area contributed by atoms with E-state index in [2.05, 4.69) is 0 Å². The molecule has 0 amide bonds. The van der Waals surface area contributed by atoms with Crippen molar-refractivity contribution >= 4 is 17.3 Å². The first-order valence-electron chi connectivity index (χ1n) is 7.24. The van der Waals surface area contributed by atoms with Crippen molar-refractivity contribution in [3.8, 4) is 0 Å². The van der Waals surface area contributed by atoms with Gasteiger partial charge in [0.25, 0.3) is 0 Å². The molecule has 1 rings (SSSR count). The van der Waals surface area contributed by atoms with E-state index in [0.29, 0.717) is 43.2 Å². The van der Waals surface area contributed by atoms with Crippen LogP contribution in [0.3, 0.4) is 0 Å². The number of hydrogen-bond acceptors (Lipinski definition) is 3. The lowest BCUT2D eigenvalue weighted by Gasteiger charge is -2.09. The molecule has 0 saturated carbocycles. The van der Waals surface area contributed by atoms with Gasteiger partial charge in [0.1, 0.15) is 5.78 Å². The van der Waals surface area contributed by atoms with Crippen molar-refractivity contribution in [3.05, 3.63) is 34.9 Å². The fraction of sp³-hybridized carbons (Fsp3) is 0.471. The number of rotatable bonds is 8. The molecule has 0 aliphatic heterocycles. The molecule has 0 unspecified atom stereocenters. The van der Waals surface area contributed by atoms with Crippen molar-refractivity contribution in [1.82, 2.24) is 0 Å². The number of ketones is 3. The maximum atomic E-state index is 12.0. The van der Waals surface area contributed by atoms with Gasteiger partial charge in [0.2, 0.25) is 0 Å². The summed E-state index contributed by atoms with van der Waals surface area (Å²) in [7, 11) is 0. The van der Waals surface area contributed by atoms with Crippen molar-refractivity contribution in [2.75, 3.05) is 0 Å². The summed E-state index contributed by atoms with van der Waals surface area (Å²) in [6.07, 6.45) is 2.40. The highest BCUT2D eigenvalue weighted by Gasteiger charge is 2.15. The summed E-state index contributed by atoms with van der Waals surface area (Å²) in [5.74, 6) is 0.172. The van der Waals surface area contributed by atoms with E-state index >= 15 is 0 Å². The smallest absolute Gasteiger partial charge is 0.163 e. The first-order chi connectivity index (χ1) is 9.53. The molecule has 0 aromatic heterocycles. The van der Waals surface area contributed by atoms with Crippen LogP contribution in [0.15, 0.2) is 18.2 Å². The molecule has 3 heteroatoms. The topological polar surface area (TPSA) is 51.2 Å². The summed E-state index contributed by atoms with van der Waals surface area (Å²) in [5.41, 5.74) is 1.95. The zero-order valence-electron chi connectivity index (χ0n) is 12.5. The Kier molecular flexibility index (Phi) is 6.29. The summed E-state index contributed by atoms with van der Waals surface area (Å²) in [4.78, 5) is 35.2. The Morgan fingerprint density at radius 2 is 1.45 bits per heavy atom. The minimum Gasteiger partial charge on any atom is -0.300 e. The minimum absolute atomic E-state index is 0.0158. The number of carbonyl (C=O) groups is 3. The second kappa shape index (κ2) is 7.73. The van der Waals surface area contributed by atoms with Crippen LogP contribution in [0, 0.1) is 0 Å². The van der Waals surface area contributed by atoms with Crippen LogP contribution in [0.2, 0.25) is 0 Å². The van der Waals surface area contributed by atoms with Gasteiger partial charge >= 0.3 is 0 Å². The van der Waals surface area contributed by atoms with Crippen LogP contribution < -0.4 is 0 Å². The Labute approximate surface area is 120 Å². The van der Waals surface area contributed by atoms with Gasteiger partial charge in [0, 0.05) is 36.8 Å². The van der Waals surface area contributed by atoms with Crippen molar-refractivity contribution in [1.29, 1.82) is 0 Å². The van der Waals surface area contributed by atoms with Crippen LogP contribution in [0.5, 0.6) is 0 Å². The van der Waals surface area contributed by atoms with Crippen molar-refractivity contribution in [2.45, 2.75) is 52.9 Å². The molecule has 0 bridgehead atoms. The summed E-state index contributed by atoms with van der Waals surface area (Å²) < 4.78 is 0. The molecular formula is C17H22O3. The van der Waals surface area contributed by atoms with Gasteiger partial charge in [-0.05, 0) is 18.1 Å². The van der Waals surface area contributed by atoms with Crippen LogP contribution in [0.25, 0.3) is 0 Å². The van der Waals surface area contributed by atoms with Crippen molar-refractivity contribution in [2.24, 2.45) is 0 Å². The first-order valence-corrected chi connectivity index (χ1v) is 7.24. The molecule has 0 N–H and O–H groups in total. The van der Waals surface area contributed by atoms with Gasteiger partial charge in [-0.25, -0.2) is 0 Å². The molecule has 0 aliphatic carbocycles. The number of Topliss-reactive ketones (excluding diaryl/α,β-unsaturated/α-hetero) is 3. The van der Waals surface area contributed by atoms with Crippen LogP contribution >= 0.6 is 0 Å². The highest BCUT2D eigenvalue weighted by atomic mass is 16.1. The standard InChI is InChI=1S/C17H22O3/c1-4-13(18)9-7-12-8-10-14(16(19)5-2)15(11-12)17(20)6-3/h8,10-11H,4-7,9H2,1-3H3. The lowest BCUT2D eigenvalue weighted by molar-refractivity contribution is -0.118. The molecule has 1 aromatic rings. The lowest BCUT2D eigenvalue weighted by atomic mass is 9.94. The van der Waals surface area contributed by atoms with Crippen LogP contribution in [0.4, 0.5) is 0 Å². The second-order valence-electron chi connectivity index (χ2n) is 4.83. The van der Waals surface area contributed by atoms with Gasteiger partial charge in [-0.2, -0.15) is 0 Å². The number of carbonyl (C=O) groups excluding carboxylic acids is 3. The predicted molar refractivity (Wildman–Crippen MR) is 79.3 cm³/mol. The van der Waals surface area contributed by atoms with Crippen LogP contribution in [0.1, 0.15) is 72.7 Å². The summed E-state index contributed by atoms with van der Waals surface area (Å²) in [5, 5.41) is 0. The van der Waals surface area contributed by atoms with Crippen LogP contribution in [-0.2, 0) is 11.2 Å². The number of aryl methyl sites for hydroxylation is 1. The molecule has 0 radical (unpaired) electrons. The highest BCUT2D eigenvalue weighted by molar-refractivity contribution is 6.08. The maximum Gasteiger partial charge on any atom is 0.163 e. The van der Waals surface area contributed by atoms with E-state index < -0.39 is 0 Å². The van der Waals surface area contributed by atoms with Crippen molar-refractivity contribution in [3.63, 3.8) is 0 Å². The molecule has 3 nitrogen and oxygen atoms in total.